The van der Waals surface area contributed by atoms with Crippen LogP contribution in [0.2, 0.25) is 0 Å². The van der Waals surface area contributed by atoms with Crippen LogP contribution < -0.4 is 10.6 Å². The molecular weight excluding hydrogens is 216 g/mol. The van der Waals surface area contributed by atoms with Crippen molar-refractivity contribution >= 4 is 5.91 Å². The van der Waals surface area contributed by atoms with Crippen LogP contribution in [0.1, 0.15) is 31.9 Å². The number of hydrogen-bond donors (Lipinski definition) is 2. The number of aromatic nitrogens is 2. The Labute approximate surface area is 102 Å². The molecule has 0 spiro atoms. The summed E-state index contributed by atoms with van der Waals surface area (Å²) in [5.41, 5.74) is 1.14. The SMILES string of the molecule is CCCn1nccc1CNC1CCCNC1=O. The lowest BCUT2D eigenvalue weighted by Gasteiger charge is -2.22. The Kier molecular flexibility index (Phi) is 4.14. The average molecular weight is 236 g/mol. The normalized spacial score (nSPS) is 20.3. The van der Waals surface area contributed by atoms with Gasteiger partial charge in [0.1, 0.15) is 0 Å². The number of rotatable bonds is 5. The predicted octanol–water partition coefficient (Wildman–Crippen LogP) is 0.661. The number of piperidine rings is 1. The average Bonchev–Trinajstić information content (AvgIpc) is 2.76. The van der Waals surface area contributed by atoms with Crippen molar-refractivity contribution in [3.05, 3.63) is 18.0 Å². The molecule has 17 heavy (non-hydrogen) atoms. The number of aryl methyl sites for hydroxylation is 1. The summed E-state index contributed by atoms with van der Waals surface area (Å²) in [6.07, 6.45) is 4.86. The summed E-state index contributed by atoms with van der Waals surface area (Å²) >= 11 is 0. The van der Waals surface area contributed by atoms with E-state index in [0.29, 0.717) is 6.54 Å². The summed E-state index contributed by atoms with van der Waals surface area (Å²) in [5, 5.41) is 10.4. The molecule has 1 unspecified atom stereocenters. The number of hydrogen-bond acceptors (Lipinski definition) is 3. The number of carbonyl (C=O) groups is 1. The van der Waals surface area contributed by atoms with Crippen molar-refractivity contribution in [2.45, 2.75) is 45.3 Å². The molecule has 2 heterocycles. The van der Waals surface area contributed by atoms with Crippen molar-refractivity contribution < 1.29 is 4.79 Å². The Morgan fingerprint density at radius 3 is 3.29 bits per heavy atom. The number of amides is 1. The van der Waals surface area contributed by atoms with Gasteiger partial charge >= 0.3 is 0 Å². The predicted molar refractivity (Wildman–Crippen MR) is 65.4 cm³/mol. The van der Waals surface area contributed by atoms with E-state index < -0.39 is 0 Å². The third-order valence-corrected chi connectivity index (χ3v) is 3.05. The minimum atomic E-state index is -0.0475. The third kappa shape index (κ3) is 3.06. The highest BCUT2D eigenvalue weighted by Gasteiger charge is 2.21. The van der Waals surface area contributed by atoms with Crippen molar-refractivity contribution in [2.75, 3.05) is 6.54 Å². The summed E-state index contributed by atoms with van der Waals surface area (Å²) in [4.78, 5) is 11.6. The Balaban J connectivity index is 1.88. The van der Waals surface area contributed by atoms with Crippen molar-refractivity contribution in [1.82, 2.24) is 20.4 Å². The van der Waals surface area contributed by atoms with E-state index in [1.54, 1.807) is 0 Å². The monoisotopic (exact) mass is 236 g/mol. The van der Waals surface area contributed by atoms with Gasteiger partial charge in [-0.15, -0.1) is 0 Å². The van der Waals surface area contributed by atoms with Gasteiger partial charge in [-0.25, -0.2) is 0 Å². The van der Waals surface area contributed by atoms with E-state index >= 15 is 0 Å². The van der Waals surface area contributed by atoms with E-state index in [1.165, 1.54) is 0 Å². The maximum Gasteiger partial charge on any atom is 0.237 e. The Morgan fingerprint density at radius 2 is 2.53 bits per heavy atom. The Hall–Kier alpha value is -1.36. The van der Waals surface area contributed by atoms with Crippen LogP contribution in [0, 0.1) is 0 Å². The first-order chi connectivity index (χ1) is 8.31. The van der Waals surface area contributed by atoms with Gasteiger partial charge in [0.25, 0.3) is 0 Å². The molecule has 1 amide bonds. The van der Waals surface area contributed by atoms with Crippen LogP contribution in [0.3, 0.4) is 0 Å². The molecule has 0 saturated carbocycles. The van der Waals surface area contributed by atoms with Crippen molar-refractivity contribution in [2.24, 2.45) is 0 Å². The highest BCUT2D eigenvalue weighted by Crippen LogP contribution is 2.05. The lowest BCUT2D eigenvalue weighted by atomic mass is 10.1. The second-order valence-electron chi connectivity index (χ2n) is 4.41. The van der Waals surface area contributed by atoms with Gasteiger partial charge in [0.15, 0.2) is 0 Å². The first-order valence-corrected chi connectivity index (χ1v) is 6.33. The van der Waals surface area contributed by atoms with Crippen LogP contribution in [-0.2, 0) is 17.9 Å². The molecule has 1 aromatic rings. The second kappa shape index (κ2) is 5.82. The van der Waals surface area contributed by atoms with Gasteiger partial charge in [-0.1, -0.05) is 6.92 Å². The molecular formula is C12H20N4O. The molecule has 1 fully saturated rings. The Morgan fingerprint density at radius 1 is 1.65 bits per heavy atom. The van der Waals surface area contributed by atoms with Gasteiger partial charge in [0.2, 0.25) is 5.91 Å². The first-order valence-electron chi connectivity index (χ1n) is 6.33. The van der Waals surface area contributed by atoms with Gasteiger partial charge in [0.05, 0.1) is 11.7 Å². The largest absolute Gasteiger partial charge is 0.355 e. The van der Waals surface area contributed by atoms with E-state index in [1.807, 2.05) is 16.9 Å². The Bertz CT molecular complexity index is 374. The number of nitrogens with zero attached hydrogens (tertiary/aromatic N) is 2. The zero-order chi connectivity index (χ0) is 12.1. The van der Waals surface area contributed by atoms with Crippen LogP contribution in [-0.4, -0.2) is 28.3 Å². The lowest BCUT2D eigenvalue weighted by molar-refractivity contribution is -0.124. The van der Waals surface area contributed by atoms with Crippen molar-refractivity contribution in [3.8, 4) is 0 Å². The zero-order valence-electron chi connectivity index (χ0n) is 10.3. The minimum Gasteiger partial charge on any atom is -0.355 e. The fourth-order valence-corrected chi connectivity index (χ4v) is 2.12. The van der Waals surface area contributed by atoms with Crippen molar-refractivity contribution in [3.63, 3.8) is 0 Å². The molecule has 5 heteroatoms. The van der Waals surface area contributed by atoms with E-state index in [9.17, 15) is 4.79 Å². The summed E-state index contributed by atoms with van der Waals surface area (Å²) in [6.45, 7) is 4.58. The summed E-state index contributed by atoms with van der Waals surface area (Å²) in [6, 6.07) is 1.96. The van der Waals surface area contributed by atoms with Crippen LogP contribution in [0.4, 0.5) is 0 Å². The second-order valence-corrected chi connectivity index (χ2v) is 4.41. The van der Waals surface area contributed by atoms with E-state index in [-0.39, 0.29) is 11.9 Å². The molecule has 2 N–H and O–H groups in total. The summed E-state index contributed by atoms with van der Waals surface area (Å²) in [5.74, 6) is 0.123. The molecule has 1 aliphatic rings. The molecule has 0 aliphatic carbocycles. The molecule has 2 rings (SSSR count). The van der Waals surface area contributed by atoms with Gasteiger partial charge < -0.3 is 10.6 Å². The van der Waals surface area contributed by atoms with Crippen LogP contribution in [0.15, 0.2) is 12.3 Å². The van der Waals surface area contributed by atoms with E-state index in [2.05, 4.69) is 22.7 Å². The first kappa shape index (κ1) is 12.1. The van der Waals surface area contributed by atoms with Crippen LogP contribution >= 0.6 is 0 Å². The highest BCUT2D eigenvalue weighted by atomic mass is 16.2. The van der Waals surface area contributed by atoms with Gasteiger partial charge in [0, 0.05) is 25.8 Å². The minimum absolute atomic E-state index is 0.0475. The smallest absolute Gasteiger partial charge is 0.237 e. The molecule has 94 valence electrons. The molecule has 0 bridgehead atoms. The van der Waals surface area contributed by atoms with E-state index in [4.69, 9.17) is 0 Å². The molecule has 5 nitrogen and oxygen atoms in total. The van der Waals surface area contributed by atoms with Crippen molar-refractivity contribution in [1.29, 1.82) is 0 Å². The number of nitrogens with one attached hydrogen (secondary N) is 2. The third-order valence-electron chi connectivity index (χ3n) is 3.05. The van der Waals surface area contributed by atoms with Crippen LogP contribution in [0.5, 0.6) is 0 Å². The van der Waals surface area contributed by atoms with E-state index in [0.717, 1.165) is 38.0 Å². The quantitative estimate of drug-likeness (QED) is 0.789. The summed E-state index contributed by atoms with van der Waals surface area (Å²) in [7, 11) is 0. The highest BCUT2D eigenvalue weighted by molar-refractivity contribution is 5.82. The standard InChI is InChI=1S/C12H20N4O/c1-2-8-16-10(5-7-15-16)9-14-11-4-3-6-13-12(11)17/h5,7,11,14H,2-4,6,8-9H2,1H3,(H,13,17). The maximum absolute atomic E-state index is 11.6. The topological polar surface area (TPSA) is 59.0 Å². The maximum atomic E-state index is 11.6. The van der Waals surface area contributed by atoms with Gasteiger partial charge in [-0.05, 0) is 25.3 Å². The zero-order valence-corrected chi connectivity index (χ0v) is 10.3. The molecule has 1 atom stereocenters. The van der Waals surface area contributed by atoms with Gasteiger partial charge in [-0.3, -0.25) is 9.48 Å². The molecule has 0 aromatic carbocycles. The lowest BCUT2D eigenvalue weighted by Crippen LogP contribution is -2.48. The molecule has 1 saturated heterocycles. The van der Waals surface area contributed by atoms with Gasteiger partial charge in [-0.2, -0.15) is 5.10 Å². The molecule has 1 aliphatic heterocycles. The fourth-order valence-electron chi connectivity index (χ4n) is 2.12. The number of carbonyl (C=O) groups excluding carboxylic acids is 1. The van der Waals surface area contributed by atoms with Crippen LogP contribution in [0.25, 0.3) is 0 Å². The summed E-state index contributed by atoms with van der Waals surface area (Å²) < 4.78 is 1.99. The molecule has 1 aromatic heterocycles. The molecule has 0 radical (unpaired) electrons. The fraction of sp³-hybridized carbons (Fsp3) is 0.667.